The Labute approximate surface area is 183 Å². The molecule has 3 rings (SSSR count). The van der Waals surface area contributed by atoms with E-state index in [0.717, 1.165) is 17.0 Å². The number of halogens is 4. The maximum atomic E-state index is 15.0. The van der Waals surface area contributed by atoms with E-state index in [1.165, 1.54) is 19.1 Å². The molecular weight excluding hydrogens is 427 g/mol. The Morgan fingerprint density at radius 1 is 1.09 bits per heavy atom. The van der Waals surface area contributed by atoms with Crippen molar-refractivity contribution in [3.05, 3.63) is 64.7 Å². The topological polar surface area (TPSA) is 69.6 Å². The molecule has 32 heavy (non-hydrogen) atoms. The molecule has 1 aliphatic heterocycles. The standard InChI is InChI=1S/C22H23BF4N2O3/c1-13-11-16(4-6-18(13)24)28-20(30)14-3-5-19(25)17(12-14)22(26,27)21(31)29-9-7-15(8-10-29)23(2)32/h3-6,11-12,15,32H,7-10H2,1-2H3,(H,28,30). The van der Waals surface area contributed by atoms with E-state index in [1.807, 2.05) is 0 Å². The maximum Gasteiger partial charge on any atom is 0.352 e. The summed E-state index contributed by atoms with van der Waals surface area (Å²) >= 11 is 0. The van der Waals surface area contributed by atoms with Gasteiger partial charge in [0.25, 0.3) is 18.7 Å². The highest BCUT2D eigenvalue weighted by Crippen LogP contribution is 2.35. The number of amides is 2. The van der Waals surface area contributed by atoms with Gasteiger partial charge in [0.05, 0.1) is 5.56 Å². The van der Waals surface area contributed by atoms with Gasteiger partial charge in [0.1, 0.15) is 11.6 Å². The van der Waals surface area contributed by atoms with Crippen LogP contribution in [0.4, 0.5) is 23.2 Å². The van der Waals surface area contributed by atoms with Crippen LogP contribution in [0.1, 0.15) is 34.3 Å². The predicted octanol–water partition coefficient (Wildman–Crippen LogP) is 4.22. The van der Waals surface area contributed by atoms with E-state index in [1.54, 1.807) is 6.82 Å². The minimum atomic E-state index is -4.18. The molecule has 0 bridgehead atoms. The third-order valence-corrected chi connectivity index (χ3v) is 5.76. The third-order valence-electron chi connectivity index (χ3n) is 5.76. The number of likely N-dealkylation sites (tertiary alicyclic amines) is 1. The van der Waals surface area contributed by atoms with Crippen molar-refractivity contribution in [2.24, 2.45) is 0 Å². The van der Waals surface area contributed by atoms with Crippen LogP contribution in [0.5, 0.6) is 0 Å². The van der Waals surface area contributed by atoms with E-state index in [-0.39, 0.29) is 35.7 Å². The highest BCUT2D eigenvalue weighted by molar-refractivity contribution is 6.50. The van der Waals surface area contributed by atoms with E-state index < -0.39 is 41.9 Å². The Kier molecular flexibility index (Phi) is 6.92. The highest BCUT2D eigenvalue weighted by atomic mass is 19.3. The Balaban J connectivity index is 1.79. The first-order valence-electron chi connectivity index (χ1n) is 10.2. The van der Waals surface area contributed by atoms with Crippen LogP contribution in [0, 0.1) is 18.6 Å². The van der Waals surface area contributed by atoms with Crippen molar-refractivity contribution in [1.29, 1.82) is 0 Å². The van der Waals surface area contributed by atoms with Crippen LogP contribution in [0.3, 0.4) is 0 Å². The number of nitrogens with zero attached hydrogens (tertiary/aromatic N) is 1. The molecule has 10 heteroatoms. The predicted molar refractivity (Wildman–Crippen MR) is 113 cm³/mol. The second-order valence-electron chi connectivity index (χ2n) is 8.06. The molecule has 0 aromatic heterocycles. The monoisotopic (exact) mass is 450 g/mol. The van der Waals surface area contributed by atoms with Gasteiger partial charge in [-0.2, -0.15) is 8.78 Å². The maximum absolute atomic E-state index is 15.0. The summed E-state index contributed by atoms with van der Waals surface area (Å²) in [7, 11) is 0. The number of carbonyl (C=O) groups is 2. The summed E-state index contributed by atoms with van der Waals surface area (Å²) in [5.41, 5.74) is -0.950. The van der Waals surface area contributed by atoms with Crippen molar-refractivity contribution < 1.29 is 32.2 Å². The second kappa shape index (κ2) is 9.32. The third kappa shape index (κ3) is 4.95. The number of piperidine rings is 1. The van der Waals surface area contributed by atoms with Gasteiger partial charge in [-0.05, 0) is 67.5 Å². The first-order valence-corrected chi connectivity index (χ1v) is 10.2. The van der Waals surface area contributed by atoms with Gasteiger partial charge in [-0.3, -0.25) is 9.59 Å². The number of hydrogen-bond acceptors (Lipinski definition) is 3. The lowest BCUT2D eigenvalue weighted by Gasteiger charge is -2.34. The van der Waals surface area contributed by atoms with Crippen molar-refractivity contribution in [3.8, 4) is 0 Å². The van der Waals surface area contributed by atoms with Crippen LogP contribution in [-0.2, 0) is 10.7 Å². The van der Waals surface area contributed by atoms with Gasteiger partial charge < -0.3 is 15.2 Å². The summed E-state index contributed by atoms with van der Waals surface area (Å²) < 4.78 is 57.6. The molecule has 2 N–H and O–H groups in total. The van der Waals surface area contributed by atoms with E-state index in [2.05, 4.69) is 5.32 Å². The molecule has 2 amide bonds. The lowest BCUT2D eigenvalue weighted by Crippen LogP contribution is -2.46. The molecule has 0 spiro atoms. The van der Waals surface area contributed by atoms with Crippen molar-refractivity contribution in [1.82, 2.24) is 4.90 Å². The zero-order chi connectivity index (χ0) is 23.6. The normalized spacial score (nSPS) is 14.9. The largest absolute Gasteiger partial charge is 0.450 e. The number of alkyl halides is 2. The zero-order valence-corrected chi connectivity index (χ0v) is 17.7. The number of carbonyl (C=O) groups excluding carboxylic acids is 2. The first kappa shape index (κ1) is 23.8. The Morgan fingerprint density at radius 3 is 2.31 bits per heavy atom. The summed E-state index contributed by atoms with van der Waals surface area (Å²) in [6, 6.07) is 6.21. The number of nitrogens with one attached hydrogen (secondary N) is 1. The number of hydrogen-bond donors (Lipinski definition) is 2. The average molecular weight is 450 g/mol. The van der Waals surface area contributed by atoms with Crippen molar-refractivity contribution in [2.75, 3.05) is 18.4 Å². The minimum Gasteiger partial charge on any atom is -0.450 e. The average Bonchev–Trinajstić information content (AvgIpc) is 2.76. The zero-order valence-electron chi connectivity index (χ0n) is 17.7. The van der Waals surface area contributed by atoms with Crippen LogP contribution in [0.25, 0.3) is 0 Å². The summed E-state index contributed by atoms with van der Waals surface area (Å²) in [5.74, 6) is -8.40. The van der Waals surface area contributed by atoms with Crippen molar-refractivity contribution in [2.45, 2.75) is 38.3 Å². The Hall–Kier alpha value is -2.88. The molecule has 1 fully saturated rings. The van der Waals surface area contributed by atoms with E-state index in [0.29, 0.717) is 25.0 Å². The Bertz CT molecular complexity index is 1020. The fourth-order valence-electron chi connectivity index (χ4n) is 3.73. The van der Waals surface area contributed by atoms with Gasteiger partial charge in [-0.15, -0.1) is 0 Å². The molecule has 0 saturated carbocycles. The smallest absolute Gasteiger partial charge is 0.352 e. The molecule has 2 aromatic rings. The molecular formula is C22H23BF4N2O3. The number of anilines is 1. The molecule has 0 radical (unpaired) electrons. The number of aryl methyl sites for hydroxylation is 1. The molecule has 0 atom stereocenters. The Morgan fingerprint density at radius 2 is 1.72 bits per heavy atom. The number of benzene rings is 2. The molecule has 1 saturated heterocycles. The lowest BCUT2D eigenvalue weighted by molar-refractivity contribution is -0.160. The van der Waals surface area contributed by atoms with E-state index in [9.17, 15) is 32.2 Å². The first-order chi connectivity index (χ1) is 15.0. The minimum absolute atomic E-state index is 0.0235. The van der Waals surface area contributed by atoms with Crippen LogP contribution < -0.4 is 5.32 Å². The summed E-state index contributed by atoms with van der Waals surface area (Å²) in [6.07, 6.45) is 0.725. The highest BCUT2D eigenvalue weighted by Gasteiger charge is 2.47. The van der Waals surface area contributed by atoms with E-state index >= 15 is 0 Å². The van der Waals surface area contributed by atoms with Gasteiger partial charge in [0.15, 0.2) is 0 Å². The molecule has 170 valence electrons. The molecule has 2 aromatic carbocycles. The second-order valence-corrected chi connectivity index (χ2v) is 8.06. The fraction of sp³-hybridized carbons (Fsp3) is 0.364. The van der Waals surface area contributed by atoms with Crippen molar-refractivity contribution >= 4 is 24.4 Å². The fourth-order valence-corrected chi connectivity index (χ4v) is 3.73. The molecule has 1 aliphatic rings. The van der Waals surface area contributed by atoms with Gasteiger partial charge in [-0.1, -0.05) is 6.82 Å². The van der Waals surface area contributed by atoms with Crippen LogP contribution in [0.15, 0.2) is 36.4 Å². The van der Waals surface area contributed by atoms with E-state index in [4.69, 9.17) is 0 Å². The summed E-state index contributed by atoms with van der Waals surface area (Å²) in [5, 5.41) is 12.1. The molecule has 1 heterocycles. The number of rotatable bonds is 5. The quantitative estimate of drug-likeness (QED) is 0.530. The van der Waals surface area contributed by atoms with Gasteiger partial charge >= 0.3 is 5.92 Å². The molecule has 5 nitrogen and oxygen atoms in total. The van der Waals surface area contributed by atoms with Crippen LogP contribution in [0.2, 0.25) is 12.6 Å². The van der Waals surface area contributed by atoms with Gasteiger partial charge in [-0.25, -0.2) is 8.78 Å². The summed E-state index contributed by atoms with van der Waals surface area (Å²) in [6.45, 7) is 2.55. The molecule has 0 unspecified atom stereocenters. The summed E-state index contributed by atoms with van der Waals surface area (Å²) in [4.78, 5) is 25.9. The lowest BCUT2D eigenvalue weighted by atomic mass is 9.55. The van der Waals surface area contributed by atoms with Gasteiger partial charge in [0, 0.05) is 24.3 Å². The SMILES string of the molecule is CB(O)C1CCN(C(=O)C(F)(F)c2cc(C(=O)Nc3ccc(F)c(C)c3)ccc2F)CC1. The van der Waals surface area contributed by atoms with Gasteiger partial charge in [0.2, 0.25) is 0 Å². The van der Waals surface area contributed by atoms with Crippen molar-refractivity contribution in [3.63, 3.8) is 0 Å². The van der Waals surface area contributed by atoms with Crippen LogP contribution in [-0.4, -0.2) is 41.7 Å². The molecule has 0 aliphatic carbocycles. The van der Waals surface area contributed by atoms with Crippen LogP contribution >= 0.6 is 0 Å².